The average Bonchev–Trinajstić information content (AvgIpc) is 2.77. The molecule has 0 aromatic heterocycles. The molecular weight excluding hydrogens is 404 g/mol. The smallest absolute Gasteiger partial charge is 0.150 e. The molecule has 0 aliphatic heterocycles. The van der Waals surface area contributed by atoms with Gasteiger partial charge in [-0.25, -0.2) is 0 Å². The lowest BCUT2D eigenvalue weighted by molar-refractivity contribution is 0.112. The van der Waals surface area contributed by atoms with Crippen LogP contribution in [0.3, 0.4) is 0 Å². The van der Waals surface area contributed by atoms with Gasteiger partial charge in [0.2, 0.25) is 0 Å². The fourth-order valence-electron chi connectivity index (χ4n) is 4.14. The molecule has 1 aliphatic carbocycles. The van der Waals surface area contributed by atoms with Crippen LogP contribution in [0.5, 0.6) is 0 Å². The largest absolute Gasteiger partial charge is 0.384 e. The standard InChI is InChI=1S/C30H36N2O/c1-20(2)17-29(24-9-7-22(19-33)8-10-24)32-18-27-21(3)26(15-16-28(27)31)23-11-13-25(14-12-23)30(4,5)6/h7-16,18-20,29,31-32H,17H2,1-6H3/b27-18-,31-28?. The zero-order valence-electron chi connectivity index (χ0n) is 20.7. The molecule has 0 spiro atoms. The number of benzene rings is 2. The molecule has 0 bridgehead atoms. The maximum atomic E-state index is 11.0. The molecule has 2 aromatic carbocycles. The molecule has 0 fully saturated rings. The van der Waals surface area contributed by atoms with Gasteiger partial charge >= 0.3 is 0 Å². The minimum atomic E-state index is 0.110. The summed E-state index contributed by atoms with van der Waals surface area (Å²) >= 11 is 0. The number of hydrogen-bond donors (Lipinski definition) is 2. The van der Waals surface area contributed by atoms with E-state index in [-0.39, 0.29) is 11.5 Å². The number of allylic oxidation sites excluding steroid dienone is 5. The first-order valence-electron chi connectivity index (χ1n) is 11.7. The van der Waals surface area contributed by atoms with E-state index in [1.165, 1.54) is 11.1 Å². The van der Waals surface area contributed by atoms with Gasteiger partial charge in [0.1, 0.15) is 6.29 Å². The van der Waals surface area contributed by atoms with Crippen molar-refractivity contribution < 1.29 is 4.79 Å². The van der Waals surface area contributed by atoms with Crippen LogP contribution in [0.1, 0.15) is 81.1 Å². The van der Waals surface area contributed by atoms with Crippen molar-refractivity contribution >= 4 is 17.6 Å². The number of rotatable bonds is 7. The van der Waals surface area contributed by atoms with E-state index in [1.807, 2.05) is 42.6 Å². The Bertz CT molecular complexity index is 1090. The van der Waals surface area contributed by atoms with E-state index in [1.54, 1.807) is 0 Å². The summed E-state index contributed by atoms with van der Waals surface area (Å²) in [6, 6.07) is 16.6. The summed E-state index contributed by atoms with van der Waals surface area (Å²) in [5.41, 5.74) is 8.08. The van der Waals surface area contributed by atoms with Crippen LogP contribution in [0.4, 0.5) is 0 Å². The molecule has 33 heavy (non-hydrogen) atoms. The van der Waals surface area contributed by atoms with Crippen molar-refractivity contribution in [3.05, 3.63) is 100 Å². The molecule has 0 amide bonds. The molecule has 1 unspecified atom stereocenters. The van der Waals surface area contributed by atoms with Crippen LogP contribution in [-0.2, 0) is 5.41 Å². The highest BCUT2D eigenvalue weighted by Gasteiger charge is 2.19. The van der Waals surface area contributed by atoms with Crippen LogP contribution in [0.15, 0.2) is 78.0 Å². The van der Waals surface area contributed by atoms with Gasteiger partial charge in [-0.05, 0) is 58.6 Å². The van der Waals surface area contributed by atoms with Crippen LogP contribution < -0.4 is 5.32 Å². The highest BCUT2D eigenvalue weighted by Crippen LogP contribution is 2.32. The first-order chi connectivity index (χ1) is 15.6. The number of aldehydes is 1. The Hall–Kier alpha value is -3.20. The van der Waals surface area contributed by atoms with E-state index in [0.29, 0.717) is 17.2 Å². The summed E-state index contributed by atoms with van der Waals surface area (Å²) < 4.78 is 0. The van der Waals surface area contributed by atoms with Gasteiger partial charge in [0.25, 0.3) is 0 Å². The Morgan fingerprint density at radius 1 is 0.970 bits per heavy atom. The van der Waals surface area contributed by atoms with E-state index in [0.717, 1.165) is 35.0 Å². The van der Waals surface area contributed by atoms with Gasteiger partial charge in [-0.3, -0.25) is 4.79 Å². The van der Waals surface area contributed by atoms with Crippen molar-refractivity contribution in [2.45, 2.75) is 59.4 Å². The summed E-state index contributed by atoms with van der Waals surface area (Å²) in [4.78, 5) is 11.0. The van der Waals surface area contributed by atoms with Crippen LogP contribution in [0.25, 0.3) is 5.57 Å². The summed E-state index contributed by atoms with van der Waals surface area (Å²) in [5, 5.41) is 12.1. The van der Waals surface area contributed by atoms with E-state index in [2.05, 4.69) is 71.1 Å². The second-order valence-electron chi connectivity index (χ2n) is 10.3. The van der Waals surface area contributed by atoms with Crippen molar-refractivity contribution in [3.8, 4) is 0 Å². The second kappa shape index (κ2) is 10.2. The number of carbonyl (C=O) groups is 1. The highest BCUT2D eigenvalue weighted by atomic mass is 16.1. The minimum Gasteiger partial charge on any atom is -0.384 e. The number of carbonyl (C=O) groups excluding carboxylic acids is 1. The van der Waals surface area contributed by atoms with Crippen molar-refractivity contribution in [2.24, 2.45) is 5.92 Å². The Morgan fingerprint density at radius 2 is 1.61 bits per heavy atom. The second-order valence-corrected chi connectivity index (χ2v) is 10.3. The van der Waals surface area contributed by atoms with Crippen LogP contribution >= 0.6 is 0 Å². The molecule has 1 aliphatic rings. The zero-order chi connectivity index (χ0) is 24.2. The molecule has 0 heterocycles. The van der Waals surface area contributed by atoms with E-state index in [4.69, 9.17) is 5.41 Å². The molecule has 2 N–H and O–H groups in total. The minimum absolute atomic E-state index is 0.110. The molecule has 0 saturated heterocycles. The maximum Gasteiger partial charge on any atom is 0.150 e. The quantitative estimate of drug-likeness (QED) is 0.440. The Labute approximate surface area is 198 Å². The third kappa shape index (κ3) is 5.98. The number of hydrogen-bond acceptors (Lipinski definition) is 3. The van der Waals surface area contributed by atoms with Gasteiger partial charge < -0.3 is 10.7 Å². The summed E-state index contributed by atoms with van der Waals surface area (Å²) in [5.74, 6) is 0.505. The maximum absolute atomic E-state index is 11.0. The van der Waals surface area contributed by atoms with Gasteiger partial charge in [-0.15, -0.1) is 0 Å². The molecule has 3 heteroatoms. The molecule has 0 radical (unpaired) electrons. The average molecular weight is 441 g/mol. The fourth-order valence-corrected chi connectivity index (χ4v) is 4.14. The lowest BCUT2D eigenvalue weighted by Crippen LogP contribution is -2.20. The molecular formula is C30H36N2O. The Kier molecular flexibility index (Phi) is 7.53. The first kappa shape index (κ1) is 24.4. The molecule has 172 valence electrons. The van der Waals surface area contributed by atoms with Gasteiger partial charge in [-0.2, -0.15) is 0 Å². The van der Waals surface area contributed by atoms with Gasteiger partial charge in [0.05, 0.1) is 11.8 Å². The lowest BCUT2D eigenvalue weighted by atomic mass is 9.84. The van der Waals surface area contributed by atoms with Crippen LogP contribution in [-0.4, -0.2) is 12.0 Å². The van der Waals surface area contributed by atoms with Crippen molar-refractivity contribution in [2.75, 3.05) is 0 Å². The van der Waals surface area contributed by atoms with Gasteiger partial charge in [0.15, 0.2) is 0 Å². The molecule has 3 nitrogen and oxygen atoms in total. The number of nitrogens with one attached hydrogen (secondary N) is 2. The first-order valence-corrected chi connectivity index (χ1v) is 11.7. The van der Waals surface area contributed by atoms with Crippen molar-refractivity contribution in [3.63, 3.8) is 0 Å². The van der Waals surface area contributed by atoms with Crippen LogP contribution in [0, 0.1) is 11.3 Å². The summed E-state index contributed by atoms with van der Waals surface area (Å²) in [6.45, 7) is 13.2. The third-order valence-electron chi connectivity index (χ3n) is 6.19. The molecule has 1 atom stereocenters. The lowest BCUT2D eigenvalue weighted by Gasteiger charge is -2.23. The van der Waals surface area contributed by atoms with Gasteiger partial charge in [0, 0.05) is 17.3 Å². The topological polar surface area (TPSA) is 53.0 Å². The Balaban J connectivity index is 1.91. The highest BCUT2D eigenvalue weighted by molar-refractivity contribution is 6.14. The summed E-state index contributed by atoms with van der Waals surface area (Å²) in [6.07, 6.45) is 7.74. The predicted octanol–water partition coefficient (Wildman–Crippen LogP) is 7.42. The predicted molar refractivity (Wildman–Crippen MR) is 140 cm³/mol. The third-order valence-corrected chi connectivity index (χ3v) is 6.19. The van der Waals surface area contributed by atoms with Crippen LogP contribution in [0.2, 0.25) is 0 Å². The zero-order valence-corrected chi connectivity index (χ0v) is 20.7. The SMILES string of the molecule is CC1=C(c2ccc(C(C)(C)C)cc2)C=CC(=N)/C1=C\NC(CC(C)C)c1ccc(C=O)cc1. The van der Waals surface area contributed by atoms with Gasteiger partial charge in [-0.1, -0.05) is 89.2 Å². The molecule has 0 saturated carbocycles. The van der Waals surface area contributed by atoms with E-state index in [9.17, 15) is 4.79 Å². The van der Waals surface area contributed by atoms with E-state index < -0.39 is 0 Å². The molecule has 3 rings (SSSR count). The fraction of sp³-hybridized carbons (Fsp3) is 0.333. The normalized spacial score (nSPS) is 16.5. The summed E-state index contributed by atoms with van der Waals surface area (Å²) in [7, 11) is 0. The van der Waals surface area contributed by atoms with E-state index >= 15 is 0 Å². The monoisotopic (exact) mass is 440 g/mol. The van der Waals surface area contributed by atoms with Crippen molar-refractivity contribution in [1.29, 1.82) is 5.41 Å². The van der Waals surface area contributed by atoms with Crippen molar-refractivity contribution in [1.82, 2.24) is 5.32 Å². The molecule has 2 aromatic rings. The Morgan fingerprint density at radius 3 is 2.15 bits per heavy atom.